The number of ether oxygens (including phenoxy) is 1. The first-order chi connectivity index (χ1) is 12.9. The lowest BCUT2D eigenvalue weighted by Crippen LogP contribution is -2.34. The molecule has 0 saturated carbocycles. The van der Waals surface area contributed by atoms with Crippen molar-refractivity contribution in [3.05, 3.63) is 59.4 Å². The number of alkyl halides is 7. The maximum Gasteiger partial charge on any atom is 0.416 e. The predicted molar refractivity (Wildman–Crippen MR) is 82.2 cm³/mol. The Morgan fingerprint density at radius 2 is 1.71 bits per heavy atom. The van der Waals surface area contributed by atoms with Crippen LogP contribution in [0.3, 0.4) is 0 Å². The normalized spacial score (nSPS) is 12.2. The Bertz CT molecular complexity index is 851. The van der Waals surface area contributed by atoms with E-state index < -0.39 is 53.9 Å². The first-order valence-corrected chi connectivity index (χ1v) is 7.47. The van der Waals surface area contributed by atoms with Gasteiger partial charge in [0.15, 0.2) is 6.61 Å². The van der Waals surface area contributed by atoms with E-state index in [0.717, 1.165) is 24.3 Å². The van der Waals surface area contributed by atoms with E-state index in [1.165, 1.54) is 0 Å². The molecule has 0 radical (unpaired) electrons. The SMILES string of the molecule is O=C(Nc1cc(C(F)(F)F)ccc1OCC(F)(F)C(F)F)c1cccc(F)c1. The highest BCUT2D eigenvalue weighted by atomic mass is 19.4. The van der Waals surface area contributed by atoms with Gasteiger partial charge in [0, 0.05) is 5.56 Å². The van der Waals surface area contributed by atoms with Crippen LogP contribution in [-0.4, -0.2) is 24.9 Å². The van der Waals surface area contributed by atoms with E-state index in [1.54, 1.807) is 0 Å². The van der Waals surface area contributed by atoms with Crippen LogP contribution >= 0.6 is 0 Å². The summed E-state index contributed by atoms with van der Waals surface area (Å²) in [5.74, 6) is -7.13. The fraction of sp³-hybridized carbons (Fsp3) is 0.235. The van der Waals surface area contributed by atoms with Crippen LogP contribution in [0.4, 0.5) is 40.8 Å². The maximum absolute atomic E-state index is 13.2. The van der Waals surface area contributed by atoms with Gasteiger partial charge in [-0.3, -0.25) is 4.79 Å². The molecule has 2 aromatic rings. The minimum atomic E-state index is -4.84. The van der Waals surface area contributed by atoms with E-state index in [1.807, 2.05) is 5.32 Å². The fourth-order valence-electron chi connectivity index (χ4n) is 1.99. The van der Waals surface area contributed by atoms with E-state index in [9.17, 15) is 39.9 Å². The number of halogens is 8. The molecule has 0 saturated heterocycles. The van der Waals surface area contributed by atoms with Crippen molar-refractivity contribution in [1.82, 2.24) is 0 Å². The molecule has 1 amide bonds. The summed E-state index contributed by atoms with van der Waals surface area (Å²) in [5.41, 5.74) is -2.23. The molecule has 0 atom stereocenters. The summed E-state index contributed by atoms with van der Waals surface area (Å²) in [7, 11) is 0. The van der Waals surface area contributed by atoms with E-state index in [4.69, 9.17) is 0 Å². The first-order valence-electron chi connectivity index (χ1n) is 7.47. The number of hydrogen-bond donors (Lipinski definition) is 1. The number of amides is 1. The molecule has 2 rings (SSSR count). The van der Waals surface area contributed by atoms with Crippen molar-refractivity contribution in [3.8, 4) is 5.75 Å². The summed E-state index contributed by atoms with van der Waals surface area (Å²) in [6.07, 6.45) is -8.91. The van der Waals surface area contributed by atoms with Gasteiger partial charge in [-0.25, -0.2) is 13.2 Å². The third-order valence-electron chi connectivity index (χ3n) is 3.38. The zero-order chi connectivity index (χ0) is 21.1. The van der Waals surface area contributed by atoms with Gasteiger partial charge in [0.25, 0.3) is 5.91 Å². The van der Waals surface area contributed by atoms with Crippen LogP contribution < -0.4 is 10.1 Å². The number of carbonyl (C=O) groups is 1. The molecule has 0 bridgehead atoms. The number of benzene rings is 2. The third-order valence-corrected chi connectivity index (χ3v) is 3.38. The average molecular weight is 413 g/mol. The topological polar surface area (TPSA) is 38.3 Å². The number of anilines is 1. The van der Waals surface area contributed by atoms with Gasteiger partial charge in [-0.05, 0) is 36.4 Å². The lowest BCUT2D eigenvalue weighted by Gasteiger charge is -2.19. The molecule has 11 heteroatoms. The second-order valence-electron chi connectivity index (χ2n) is 5.52. The minimum absolute atomic E-state index is 0.277. The van der Waals surface area contributed by atoms with Gasteiger partial charge in [-0.15, -0.1) is 0 Å². The van der Waals surface area contributed by atoms with Crippen molar-refractivity contribution in [1.29, 1.82) is 0 Å². The van der Waals surface area contributed by atoms with Crippen molar-refractivity contribution in [3.63, 3.8) is 0 Å². The van der Waals surface area contributed by atoms with E-state index in [0.29, 0.717) is 18.2 Å². The first kappa shape index (κ1) is 21.5. The Morgan fingerprint density at radius 1 is 1.04 bits per heavy atom. The standard InChI is InChI=1S/C17H11F8NO2/c18-11-3-1-2-9(6-11)14(27)26-12-7-10(17(23,24)25)4-5-13(12)28-8-16(21,22)15(19)20/h1-7,15H,8H2,(H,26,27). The van der Waals surface area contributed by atoms with Crippen LogP contribution in [0.2, 0.25) is 0 Å². The van der Waals surface area contributed by atoms with Gasteiger partial charge in [-0.2, -0.15) is 22.0 Å². The summed E-state index contributed by atoms with van der Waals surface area (Å²) in [4.78, 5) is 12.1. The van der Waals surface area contributed by atoms with Gasteiger partial charge >= 0.3 is 18.5 Å². The third kappa shape index (κ3) is 5.33. The molecule has 0 unspecified atom stereocenters. The largest absolute Gasteiger partial charge is 0.485 e. The van der Waals surface area contributed by atoms with Crippen LogP contribution in [0.25, 0.3) is 0 Å². The average Bonchev–Trinajstić information content (AvgIpc) is 2.59. The zero-order valence-electron chi connectivity index (χ0n) is 13.7. The smallest absolute Gasteiger partial charge is 0.416 e. The fourth-order valence-corrected chi connectivity index (χ4v) is 1.99. The molecule has 3 nitrogen and oxygen atoms in total. The van der Waals surface area contributed by atoms with Gasteiger partial charge < -0.3 is 10.1 Å². The highest BCUT2D eigenvalue weighted by Crippen LogP contribution is 2.36. The second-order valence-corrected chi connectivity index (χ2v) is 5.52. The lowest BCUT2D eigenvalue weighted by molar-refractivity contribution is -0.148. The molecule has 0 heterocycles. The summed E-state index contributed by atoms with van der Waals surface area (Å²) < 4.78 is 107. The lowest BCUT2D eigenvalue weighted by atomic mass is 10.1. The maximum atomic E-state index is 13.2. The van der Waals surface area contributed by atoms with Crippen molar-refractivity contribution in [2.45, 2.75) is 18.5 Å². The van der Waals surface area contributed by atoms with Crippen LogP contribution in [0.1, 0.15) is 15.9 Å². The van der Waals surface area contributed by atoms with Gasteiger partial charge in [-0.1, -0.05) is 6.07 Å². The highest BCUT2D eigenvalue weighted by Gasteiger charge is 2.42. The van der Waals surface area contributed by atoms with E-state index in [-0.39, 0.29) is 5.56 Å². The Labute approximate surface area is 152 Å². The van der Waals surface area contributed by atoms with Crippen LogP contribution in [0, 0.1) is 5.82 Å². The Hall–Kier alpha value is -2.85. The second kappa shape index (κ2) is 8.03. The molecule has 28 heavy (non-hydrogen) atoms. The number of carbonyl (C=O) groups excluding carboxylic acids is 1. The van der Waals surface area contributed by atoms with E-state index in [2.05, 4.69) is 4.74 Å². The predicted octanol–water partition coefficient (Wildman–Crippen LogP) is 5.38. The highest BCUT2D eigenvalue weighted by molar-refractivity contribution is 6.05. The van der Waals surface area contributed by atoms with Crippen LogP contribution in [-0.2, 0) is 6.18 Å². The Morgan fingerprint density at radius 3 is 2.29 bits per heavy atom. The number of hydrogen-bond acceptors (Lipinski definition) is 2. The molecule has 152 valence electrons. The Kier molecular flexibility index (Phi) is 6.15. The summed E-state index contributed by atoms with van der Waals surface area (Å²) >= 11 is 0. The van der Waals surface area contributed by atoms with Crippen molar-refractivity contribution < 1.29 is 44.7 Å². The summed E-state index contributed by atoms with van der Waals surface area (Å²) in [6.45, 7) is -1.83. The molecule has 0 aliphatic rings. The van der Waals surface area contributed by atoms with Crippen molar-refractivity contribution in [2.24, 2.45) is 0 Å². The minimum Gasteiger partial charge on any atom is -0.485 e. The van der Waals surface area contributed by atoms with Gasteiger partial charge in [0.05, 0.1) is 11.3 Å². The number of nitrogens with one attached hydrogen (secondary N) is 1. The van der Waals surface area contributed by atoms with E-state index >= 15 is 0 Å². The van der Waals surface area contributed by atoms with Gasteiger partial charge in [0.2, 0.25) is 0 Å². The monoisotopic (exact) mass is 413 g/mol. The van der Waals surface area contributed by atoms with Crippen molar-refractivity contribution in [2.75, 3.05) is 11.9 Å². The van der Waals surface area contributed by atoms with Crippen LogP contribution in [0.5, 0.6) is 5.75 Å². The quantitative estimate of drug-likeness (QED) is 0.647. The molecule has 0 aliphatic heterocycles. The zero-order valence-corrected chi connectivity index (χ0v) is 13.7. The molecule has 0 aliphatic carbocycles. The molecule has 0 fully saturated rings. The summed E-state index contributed by atoms with van der Waals surface area (Å²) in [5, 5.41) is 1.97. The molecule has 2 aromatic carbocycles. The molecule has 1 N–H and O–H groups in total. The number of rotatable bonds is 6. The Balaban J connectivity index is 2.33. The van der Waals surface area contributed by atoms with Crippen molar-refractivity contribution >= 4 is 11.6 Å². The summed E-state index contributed by atoms with van der Waals surface area (Å²) in [6, 6.07) is 5.57. The molecule has 0 spiro atoms. The molecule has 0 aromatic heterocycles. The van der Waals surface area contributed by atoms with Crippen LogP contribution in [0.15, 0.2) is 42.5 Å². The molecular weight excluding hydrogens is 402 g/mol. The van der Waals surface area contributed by atoms with Gasteiger partial charge in [0.1, 0.15) is 11.6 Å². The molecular formula is C17H11F8NO2.